The predicted octanol–water partition coefficient (Wildman–Crippen LogP) is 5.90. The second-order valence-electron chi connectivity index (χ2n) is 7.06. The maximum Gasteiger partial charge on any atom is 0.256 e. The SMILES string of the molecule is Cc1ccc(-c2ccccc2C(=O)Nc2ccc(Cc3ccccn3)cc2)cc1. The van der Waals surface area contributed by atoms with Crippen LogP contribution >= 0.6 is 0 Å². The summed E-state index contributed by atoms with van der Waals surface area (Å²) >= 11 is 0. The van der Waals surface area contributed by atoms with Crippen molar-refractivity contribution in [3.8, 4) is 11.1 Å². The third-order valence-corrected chi connectivity index (χ3v) is 4.86. The van der Waals surface area contributed by atoms with Gasteiger partial charge in [0.2, 0.25) is 0 Å². The molecular formula is C26H22N2O. The minimum Gasteiger partial charge on any atom is -0.322 e. The first-order valence-corrected chi connectivity index (χ1v) is 9.65. The summed E-state index contributed by atoms with van der Waals surface area (Å²) in [5, 5.41) is 3.02. The van der Waals surface area contributed by atoms with Gasteiger partial charge in [0.05, 0.1) is 0 Å². The number of carbonyl (C=O) groups is 1. The van der Waals surface area contributed by atoms with Crippen LogP contribution in [0.3, 0.4) is 0 Å². The Morgan fingerprint density at radius 3 is 2.28 bits per heavy atom. The molecule has 1 amide bonds. The van der Waals surface area contributed by atoms with Crippen molar-refractivity contribution in [2.75, 3.05) is 5.32 Å². The van der Waals surface area contributed by atoms with Gasteiger partial charge in [-0.15, -0.1) is 0 Å². The Morgan fingerprint density at radius 2 is 1.55 bits per heavy atom. The van der Waals surface area contributed by atoms with Crippen molar-refractivity contribution in [1.29, 1.82) is 0 Å². The summed E-state index contributed by atoms with van der Waals surface area (Å²) < 4.78 is 0. The van der Waals surface area contributed by atoms with E-state index in [0.29, 0.717) is 5.56 Å². The summed E-state index contributed by atoms with van der Waals surface area (Å²) in [5.74, 6) is -0.112. The molecule has 4 aromatic rings. The molecule has 29 heavy (non-hydrogen) atoms. The van der Waals surface area contributed by atoms with E-state index in [1.54, 1.807) is 6.20 Å². The molecule has 3 heteroatoms. The molecule has 0 aliphatic rings. The number of rotatable bonds is 5. The van der Waals surface area contributed by atoms with Gasteiger partial charge in [-0.25, -0.2) is 0 Å². The number of benzene rings is 3. The molecule has 0 spiro atoms. The molecule has 0 radical (unpaired) electrons. The van der Waals surface area contributed by atoms with Crippen LogP contribution in [0.2, 0.25) is 0 Å². The third kappa shape index (κ3) is 4.58. The third-order valence-electron chi connectivity index (χ3n) is 4.86. The fourth-order valence-corrected chi connectivity index (χ4v) is 3.28. The molecule has 3 nitrogen and oxygen atoms in total. The number of carbonyl (C=O) groups excluding carboxylic acids is 1. The van der Waals surface area contributed by atoms with Crippen LogP contribution in [0.15, 0.2) is 97.2 Å². The van der Waals surface area contributed by atoms with Crippen LogP contribution in [0.5, 0.6) is 0 Å². The Balaban J connectivity index is 1.50. The molecule has 0 saturated carbocycles. The Morgan fingerprint density at radius 1 is 0.828 bits per heavy atom. The van der Waals surface area contributed by atoms with Crippen LogP contribution in [-0.4, -0.2) is 10.9 Å². The van der Waals surface area contributed by atoms with E-state index < -0.39 is 0 Å². The van der Waals surface area contributed by atoms with Crippen molar-refractivity contribution in [2.45, 2.75) is 13.3 Å². The van der Waals surface area contributed by atoms with Crippen molar-refractivity contribution >= 4 is 11.6 Å². The van der Waals surface area contributed by atoms with Crippen molar-refractivity contribution in [2.24, 2.45) is 0 Å². The zero-order valence-corrected chi connectivity index (χ0v) is 16.3. The minimum atomic E-state index is -0.112. The van der Waals surface area contributed by atoms with Gasteiger partial charge in [0, 0.05) is 29.6 Å². The minimum absolute atomic E-state index is 0.112. The number of amides is 1. The maximum atomic E-state index is 12.9. The standard InChI is InChI=1S/C26H22N2O/c1-19-9-13-21(14-10-19)24-7-2-3-8-25(24)26(29)28-22-15-11-20(12-16-22)18-23-6-4-5-17-27-23/h2-17H,18H2,1H3,(H,28,29). The van der Waals surface area contributed by atoms with Gasteiger partial charge < -0.3 is 5.32 Å². The zero-order valence-electron chi connectivity index (χ0n) is 16.3. The molecule has 0 fully saturated rings. The molecule has 142 valence electrons. The van der Waals surface area contributed by atoms with E-state index in [9.17, 15) is 4.79 Å². The molecule has 1 aromatic heterocycles. The van der Waals surface area contributed by atoms with Crippen LogP contribution < -0.4 is 5.32 Å². The lowest BCUT2D eigenvalue weighted by atomic mass is 9.98. The van der Waals surface area contributed by atoms with Crippen LogP contribution in [-0.2, 0) is 6.42 Å². The summed E-state index contributed by atoms with van der Waals surface area (Å²) in [6.45, 7) is 2.06. The second-order valence-corrected chi connectivity index (χ2v) is 7.06. The summed E-state index contributed by atoms with van der Waals surface area (Å²) in [6, 6.07) is 29.7. The highest BCUT2D eigenvalue weighted by Crippen LogP contribution is 2.25. The number of hydrogen-bond acceptors (Lipinski definition) is 2. The van der Waals surface area contributed by atoms with Crippen molar-refractivity contribution in [1.82, 2.24) is 4.98 Å². The number of nitrogens with zero attached hydrogens (tertiary/aromatic N) is 1. The first-order valence-electron chi connectivity index (χ1n) is 9.65. The van der Waals surface area contributed by atoms with Gasteiger partial charge in [0.15, 0.2) is 0 Å². The molecule has 0 bridgehead atoms. The van der Waals surface area contributed by atoms with E-state index in [1.165, 1.54) is 5.56 Å². The number of aryl methyl sites for hydroxylation is 1. The number of anilines is 1. The molecule has 0 aliphatic carbocycles. The molecule has 1 N–H and O–H groups in total. The topological polar surface area (TPSA) is 42.0 Å². The molecule has 1 heterocycles. The first-order chi connectivity index (χ1) is 14.2. The molecule has 0 atom stereocenters. The lowest BCUT2D eigenvalue weighted by Crippen LogP contribution is -2.13. The first kappa shape index (κ1) is 18.6. The molecular weight excluding hydrogens is 356 g/mol. The molecule has 3 aromatic carbocycles. The molecule has 0 saturated heterocycles. The van der Waals surface area contributed by atoms with Crippen LogP contribution in [0.4, 0.5) is 5.69 Å². The van der Waals surface area contributed by atoms with Crippen molar-refractivity contribution in [3.63, 3.8) is 0 Å². The predicted molar refractivity (Wildman–Crippen MR) is 118 cm³/mol. The monoisotopic (exact) mass is 378 g/mol. The van der Waals surface area contributed by atoms with E-state index in [0.717, 1.165) is 34.5 Å². The zero-order chi connectivity index (χ0) is 20.1. The van der Waals surface area contributed by atoms with Gasteiger partial charge in [-0.2, -0.15) is 0 Å². The highest BCUT2D eigenvalue weighted by atomic mass is 16.1. The Labute approximate surface area is 171 Å². The van der Waals surface area contributed by atoms with E-state index in [1.807, 2.05) is 78.9 Å². The second kappa shape index (κ2) is 8.53. The number of aromatic nitrogens is 1. The van der Waals surface area contributed by atoms with E-state index >= 15 is 0 Å². The van der Waals surface area contributed by atoms with Crippen molar-refractivity contribution in [3.05, 3.63) is 120 Å². The summed E-state index contributed by atoms with van der Waals surface area (Å²) in [6.07, 6.45) is 2.57. The van der Waals surface area contributed by atoms with Gasteiger partial charge in [-0.3, -0.25) is 9.78 Å². The van der Waals surface area contributed by atoms with Crippen molar-refractivity contribution < 1.29 is 4.79 Å². The smallest absolute Gasteiger partial charge is 0.256 e. The van der Waals surface area contributed by atoms with Crippen LogP contribution in [0, 0.1) is 6.92 Å². The van der Waals surface area contributed by atoms with Crippen LogP contribution in [0.1, 0.15) is 27.2 Å². The Kier molecular flexibility index (Phi) is 5.48. The summed E-state index contributed by atoms with van der Waals surface area (Å²) in [4.78, 5) is 17.3. The average Bonchev–Trinajstić information content (AvgIpc) is 2.76. The van der Waals surface area contributed by atoms with Gasteiger partial charge in [-0.1, -0.05) is 66.2 Å². The number of hydrogen-bond donors (Lipinski definition) is 1. The molecule has 0 unspecified atom stereocenters. The quantitative estimate of drug-likeness (QED) is 0.470. The largest absolute Gasteiger partial charge is 0.322 e. The number of pyridine rings is 1. The lowest BCUT2D eigenvalue weighted by Gasteiger charge is -2.11. The molecule has 4 rings (SSSR count). The van der Waals surface area contributed by atoms with Gasteiger partial charge in [0.25, 0.3) is 5.91 Å². The fraction of sp³-hybridized carbons (Fsp3) is 0.0769. The number of nitrogens with one attached hydrogen (secondary N) is 1. The van der Waals surface area contributed by atoms with Gasteiger partial charge >= 0.3 is 0 Å². The summed E-state index contributed by atoms with van der Waals surface area (Å²) in [7, 11) is 0. The normalized spacial score (nSPS) is 10.5. The van der Waals surface area contributed by atoms with Gasteiger partial charge in [0.1, 0.15) is 0 Å². The van der Waals surface area contributed by atoms with E-state index in [-0.39, 0.29) is 5.91 Å². The highest BCUT2D eigenvalue weighted by molar-refractivity contribution is 6.08. The van der Waals surface area contributed by atoms with Gasteiger partial charge in [-0.05, 0) is 53.9 Å². The van der Waals surface area contributed by atoms with E-state index in [4.69, 9.17) is 0 Å². The highest BCUT2D eigenvalue weighted by Gasteiger charge is 2.12. The fourth-order valence-electron chi connectivity index (χ4n) is 3.28. The Hall–Kier alpha value is -3.72. The van der Waals surface area contributed by atoms with E-state index in [2.05, 4.69) is 29.4 Å². The molecule has 0 aliphatic heterocycles. The lowest BCUT2D eigenvalue weighted by molar-refractivity contribution is 0.102. The maximum absolute atomic E-state index is 12.9. The summed E-state index contributed by atoms with van der Waals surface area (Å²) in [5.41, 5.74) is 6.77. The van der Waals surface area contributed by atoms with Crippen LogP contribution in [0.25, 0.3) is 11.1 Å². The average molecular weight is 378 g/mol. The Bertz CT molecular complexity index is 1100.